The molecule has 0 heterocycles. The molecule has 0 saturated carbocycles. The number of rotatable bonds is 5. The minimum absolute atomic E-state index is 0.0685. The molecule has 134 valence electrons. The van der Waals surface area contributed by atoms with E-state index in [1.54, 1.807) is 6.92 Å². The van der Waals surface area contributed by atoms with Crippen molar-refractivity contribution in [2.45, 2.75) is 39.8 Å². The number of carbonyl (C=O) groups excluding carboxylic acids is 1. The van der Waals surface area contributed by atoms with E-state index in [1.165, 1.54) is 11.1 Å². The van der Waals surface area contributed by atoms with Crippen molar-refractivity contribution in [1.82, 2.24) is 5.32 Å². The molecule has 0 saturated heterocycles. The van der Waals surface area contributed by atoms with Crippen LogP contribution in [0.5, 0.6) is 5.75 Å². The molecule has 0 fully saturated rings. The maximum atomic E-state index is 12.6. The van der Waals surface area contributed by atoms with Gasteiger partial charge in [-0.15, -0.1) is 0 Å². The molecule has 3 heteroatoms. The van der Waals surface area contributed by atoms with Gasteiger partial charge in [0.2, 0.25) is 0 Å². The van der Waals surface area contributed by atoms with E-state index in [0.717, 1.165) is 22.1 Å². The third kappa shape index (κ3) is 3.88. The highest BCUT2D eigenvalue weighted by atomic mass is 16.5. The van der Waals surface area contributed by atoms with Gasteiger partial charge in [-0.05, 0) is 50.3 Å². The second-order valence-corrected chi connectivity index (χ2v) is 6.83. The molecule has 0 bridgehead atoms. The predicted molar refractivity (Wildman–Crippen MR) is 107 cm³/mol. The number of aryl methyl sites for hydroxylation is 2. The Balaban J connectivity index is 1.72. The Morgan fingerprint density at radius 2 is 1.69 bits per heavy atom. The summed E-state index contributed by atoms with van der Waals surface area (Å²) in [6, 6.07) is 20.1. The van der Waals surface area contributed by atoms with Crippen LogP contribution in [0.25, 0.3) is 10.8 Å². The van der Waals surface area contributed by atoms with Crippen LogP contribution in [0.15, 0.2) is 60.7 Å². The Morgan fingerprint density at radius 1 is 0.962 bits per heavy atom. The molecule has 0 spiro atoms. The lowest BCUT2D eigenvalue weighted by Crippen LogP contribution is -2.38. The number of ether oxygens (including phenoxy) is 1. The fourth-order valence-corrected chi connectivity index (χ4v) is 3.18. The maximum Gasteiger partial charge on any atom is 0.261 e. The average Bonchev–Trinajstić information content (AvgIpc) is 2.63. The van der Waals surface area contributed by atoms with Crippen LogP contribution in [0.2, 0.25) is 0 Å². The molecule has 3 rings (SSSR count). The molecule has 3 aromatic rings. The molecule has 2 atom stereocenters. The van der Waals surface area contributed by atoms with E-state index in [-0.39, 0.29) is 11.9 Å². The van der Waals surface area contributed by atoms with Gasteiger partial charge in [-0.2, -0.15) is 0 Å². The fraction of sp³-hybridized carbons (Fsp3) is 0.261. The van der Waals surface area contributed by atoms with E-state index >= 15 is 0 Å². The first-order valence-electron chi connectivity index (χ1n) is 8.97. The summed E-state index contributed by atoms with van der Waals surface area (Å²) in [6.07, 6.45) is -0.576. The largest absolute Gasteiger partial charge is 0.480 e. The second kappa shape index (κ2) is 7.61. The van der Waals surface area contributed by atoms with Crippen molar-refractivity contribution < 1.29 is 9.53 Å². The van der Waals surface area contributed by atoms with E-state index in [1.807, 2.05) is 49.4 Å². The van der Waals surface area contributed by atoms with Crippen LogP contribution in [0, 0.1) is 13.8 Å². The molecule has 26 heavy (non-hydrogen) atoms. The topological polar surface area (TPSA) is 38.3 Å². The number of carbonyl (C=O) groups is 1. The van der Waals surface area contributed by atoms with Crippen molar-refractivity contribution in [3.8, 4) is 5.75 Å². The third-order valence-corrected chi connectivity index (χ3v) is 4.68. The van der Waals surface area contributed by atoms with Crippen molar-refractivity contribution >= 4 is 16.7 Å². The zero-order valence-electron chi connectivity index (χ0n) is 15.7. The number of hydrogen-bond donors (Lipinski definition) is 1. The first kappa shape index (κ1) is 18.0. The van der Waals surface area contributed by atoms with Crippen molar-refractivity contribution in [3.05, 3.63) is 77.4 Å². The van der Waals surface area contributed by atoms with E-state index in [2.05, 4.69) is 37.4 Å². The van der Waals surface area contributed by atoms with Crippen LogP contribution in [-0.2, 0) is 4.79 Å². The highest BCUT2D eigenvalue weighted by Crippen LogP contribution is 2.26. The van der Waals surface area contributed by atoms with Gasteiger partial charge in [-0.1, -0.05) is 60.2 Å². The summed E-state index contributed by atoms with van der Waals surface area (Å²) >= 11 is 0. The SMILES string of the molecule is Cc1ccc(C)c([C@@H](C)NC(=O)[C@@H](C)Oc2cccc3ccccc23)c1. The second-order valence-electron chi connectivity index (χ2n) is 6.83. The first-order chi connectivity index (χ1) is 12.5. The fourth-order valence-electron chi connectivity index (χ4n) is 3.18. The summed E-state index contributed by atoms with van der Waals surface area (Å²) in [7, 11) is 0. The first-order valence-corrected chi connectivity index (χ1v) is 8.97. The van der Waals surface area contributed by atoms with Crippen molar-refractivity contribution in [1.29, 1.82) is 0 Å². The molecule has 3 aromatic carbocycles. The summed E-state index contributed by atoms with van der Waals surface area (Å²) in [5.41, 5.74) is 3.49. The number of fused-ring (bicyclic) bond motifs is 1. The molecular formula is C23H25NO2. The van der Waals surface area contributed by atoms with Gasteiger partial charge in [-0.3, -0.25) is 4.79 Å². The molecule has 1 amide bonds. The highest BCUT2D eigenvalue weighted by Gasteiger charge is 2.19. The third-order valence-electron chi connectivity index (χ3n) is 4.68. The number of benzene rings is 3. The molecule has 0 aromatic heterocycles. The van der Waals surface area contributed by atoms with Gasteiger partial charge < -0.3 is 10.1 Å². The Morgan fingerprint density at radius 3 is 2.50 bits per heavy atom. The average molecular weight is 347 g/mol. The van der Waals surface area contributed by atoms with Crippen molar-refractivity contribution in [2.75, 3.05) is 0 Å². The summed E-state index contributed by atoms with van der Waals surface area (Å²) in [4.78, 5) is 12.6. The van der Waals surface area contributed by atoms with E-state index < -0.39 is 6.10 Å². The Labute approximate surface area is 155 Å². The van der Waals surface area contributed by atoms with E-state index in [0.29, 0.717) is 0 Å². The van der Waals surface area contributed by atoms with Gasteiger partial charge in [-0.25, -0.2) is 0 Å². The van der Waals surface area contributed by atoms with Crippen LogP contribution in [0.3, 0.4) is 0 Å². The predicted octanol–water partition coefficient (Wildman–Crippen LogP) is 5.10. The summed E-state index contributed by atoms with van der Waals surface area (Å²) in [5.74, 6) is 0.608. The van der Waals surface area contributed by atoms with Gasteiger partial charge in [0.05, 0.1) is 6.04 Å². The van der Waals surface area contributed by atoms with Gasteiger partial charge in [0.1, 0.15) is 5.75 Å². The van der Waals surface area contributed by atoms with Gasteiger partial charge in [0, 0.05) is 5.39 Å². The summed E-state index contributed by atoms with van der Waals surface area (Å²) < 4.78 is 5.97. The molecule has 0 aliphatic carbocycles. The smallest absolute Gasteiger partial charge is 0.261 e. The lowest BCUT2D eigenvalue weighted by Gasteiger charge is -2.21. The van der Waals surface area contributed by atoms with Crippen LogP contribution in [-0.4, -0.2) is 12.0 Å². The van der Waals surface area contributed by atoms with Gasteiger partial charge in [0.25, 0.3) is 5.91 Å². The lowest BCUT2D eigenvalue weighted by atomic mass is 10.00. The molecule has 0 radical (unpaired) electrons. The zero-order valence-corrected chi connectivity index (χ0v) is 15.7. The van der Waals surface area contributed by atoms with Gasteiger partial charge >= 0.3 is 0 Å². The summed E-state index contributed by atoms with van der Waals surface area (Å²) in [5, 5.41) is 5.18. The van der Waals surface area contributed by atoms with Crippen molar-refractivity contribution in [2.24, 2.45) is 0 Å². The molecular weight excluding hydrogens is 322 g/mol. The molecule has 3 nitrogen and oxygen atoms in total. The molecule has 0 aliphatic rings. The Kier molecular flexibility index (Phi) is 5.27. The zero-order chi connectivity index (χ0) is 18.7. The van der Waals surface area contributed by atoms with E-state index in [9.17, 15) is 4.79 Å². The molecule has 0 aliphatic heterocycles. The number of hydrogen-bond acceptors (Lipinski definition) is 2. The normalized spacial score (nSPS) is 13.2. The Hall–Kier alpha value is -2.81. The van der Waals surface area contributed by atoms with Crippen LogP contribution in [0.4, 0.5) is 0 Å². The van der Waals surface area contributed by atoms with Gasteiger partial charge in [0.15, 0.2) is 6.10 Å². The Bertz CT molecular complexity index is 927. The minimum Gasteiger partial charge on any atom is -0.480 e. The van der Waals surface area contributed by atoms with Crippen LogP contribution < -0.4 is 10.1 Å². The molecule has 1 N–H and O–H groups in total. The lowest BCUT2D eigenvalue weighted by molar-refractivity contribution is -0.127. The highest BCUT2D eigenvalue weighted by molar-refractivity contribution is 5.89. The maximum absolute atomic E-state index is 12.6. The quantitative estimate of drug-likeness (QED) is 0.697. The number of nitrogens with one attached hydrogen (secondary N) is 1. The minimum atomic E-state index is -0.576. The van der Waals surface area contributed by atoms with Crippen molar-refractivity contribution in [3.63, 3.8) is 0 Å². The number of amides is 1. The van der Waals surface area contributed by atoms with E-state index in [4.69, 9.17) is 4.74 Å². The standard InChI is InChI=1S/C23H25NO2/c1-15-12-13-16(2)21(14-15)17(3)24-23(25)18(4)26-22-11-7-9-19-8-5-6-10-20(19)22/h5-14,17-18H,1-4H3,(H,24,25)/t17-,18-/m1/s1. The summed E-state index contributed by atoms with van der Waals surface area (Å²) in [6.45, 7) is 7.91. The monoisotopic (exact) mass is 347 g/mol. The van der Waals surface area contributed by atoms with Crippen LogP contribution >= 0.6 is 0 Å². The van der Waals surface area contributed by atoms with Crippen LogP contribution in [0.1, 0.15) is 36.6 Å². The molecule has 0 unspecified atom stereocenters.